The summed E-state index contributed by atoms with van der Waals surface area (Å²) in [4.78, 5) is 18.9. The summed E-state index contributed by atoms with van der Waals surface area (Å²) in [5.41, 5.74) is 0.869. The van der Waals surface area contributed by atoms with E-state index in [1.54, 1.807) is 6.07 Å². The van der Waals surface area contributed by atoms with Crippen LogP contribution in [0.4, 0.5) is 0 Å². The second kappa shape index (κ2) is 7.71. The first kappa shape index (κ1) is 15.5. The van der Waals surface area contributed by atoms with Crippen LogP contribution >= 0.6 is 0 Å². The maximum Gasteiger partial charge on any atom is 0.291 e. The highest BCUT2D eigenvalue weighted by atomic mass is 16.9. The SMILES string of the molecule is CC(=O)NCCc1ccc(O)c(O)c1.O=[N+]([O-])O. The normalized spacial score (nSPS) is 8.94. The number of phenols is 2. The van der Waals surface area contributed by atoms with Crippen LogP contribution in [0.2, 0.25) is 0 Å². The Balaban J connectivity index is 0.000000631. The lowest BCUT2D eigenvalue weighted by molar-refractivity contribution is -0.742. The molecule has 1 aromatic rings. The zero-order valence-corrected chi connectivity index (χ0v) is 9.66. The Morgan fingerprint density at radius 3 is 2.39 bits per heavy atom. The van der Waals surface area contributed by atoms with E-state index in [9.17, 15) is 9.90 Å². The van der Waals surface area contributed by atoms with Crippen molar-refractivity contribution in [1.82, 2.24) is 5.32 Å². The topological polar surface area (TPSA) is 133 Å². The third kappa shape index (κ3) is 7.74. The highest BCUT2D eigenvalue weighted by molar-refractivity contribution is 5.72. The van der Waals surface area contributed by atoms with Crippen molar-refractivity contribution in [2.24, 2.45) is 0 Å². The molecule has 4 N–H and O–H groups in total. The van der Waals surface area contributed by atoms with Crippen molar-refractivity contribution in [3.05, 3.63) is 33.9 Å². The van der Waals surface area contributed by atoms with Gasteiger partial charge < -0.3 is 20.7 Å². The van der Waals surface area contributed by atoms with Crippen molar-refractivity contribution in [3.63, 3.8) is 0 Å². The summed E-state index contributed by atoms with van der Waals surface area (Å²) >= 11 is 0. The van der Waals surface area contributed by atoms with E-state index in [4.69, 9.17) is 20.4 Å². The van der Waals surface area contributed by atoms with Crippen molar-refractivity contribution >= 4 is 5.91 Å². The number of amides is 1. The molecule has 0 heterocycles. The minimum absolute atomic E-state index is 0.0759. The molecule has 0 saturated heterocycles. The van der Waals surface area contributed by atoms with Crippen LogP contribution in [0.1, 0.15) is 12.5 Å². The summed E-state index contributed by atoms with van der Waals surface area (Å²) < 4.78 is 0. The number of nitrogens with zero attached hydrogens (tertiary/aromatic N) is 1. The number of hydrogen-bond donors (Lipinski definition) is 4. The number of carbonyl (C=O) groups excluding carboxylic acids is 1. The Morgan fingerprint density at radius 2 is 1.94 bits per heavy atom. The van der Waals surface area contributed by atoms with E-state index in [2.05, 4.69) is 5.32 Å². The van der Waals surface area contributed by atoms with Gasteiger partial charge in [-0.05, 0) is 24.1 Å². The fraction of sp³-hybridized carbons (Fsp3) is 0.300. The monoisotopic (exact) mass is 258 g/mol. The molecule has 0 aliphatic heterocycles. The maximum absolute atomic E-state index is 10.6. The molecule has 1 rings (SSSR count). The van der Waals surface area contributed by atoms with E-state index in [1.807, 2.05) is 0 Å². The zero-order chi connectivity index (χ0) is 14.1. The van der Waals surface area contributed by atoms with Crippen LogP contribution in [0.3, 0.4) is 0 Å². The number of nitrogens with one attached hydrogen (secondary N) is 1. The molecule has 1 aromatic carbocycles. The number of aromatic hydroxyl groups is 2. The molecule has 0 unspecified atom stereocenters. The van der Waals surface area contributed by atoms with Crippen molar-refractivity contribution in [1.29, 1.82) is 0 Å². The number of phenolic OH excluding ortho intramolecular Hbond substituents is 2. The van der Waals surface area contributed by atoms with Gasteiger partial charge in [0.25, 0.3) is 5.09 Å². The predicted molar refractivity (Wildman–Crippen MR) is 60.9 cm³/mol. The second-order valence-corrected chi connectivity index (χ2v) is 3.29. The first-order valence-corrected chi connectivity index (χ1v) is 4.91. The molecule has 0 bridgehead atoms. The predicted octanol–water partition coefficient (Wildman–Crippen LogP) is 0.429. The zero-order valence-electron chi connectivity index (χ0n) is 9.66. The average Bonchev–Trinajstić information content (AvgIpc) is 2.22. The van der Waals surface area contributed by atoms with Crippen LogP contribution in [0.5, 0.6) is 11.5 Å². The minimum Gasteiger partial charge on any atom is -0.504 e. The van der Waals surface area contributed by atoms with Gasteiger partial charge >= 0.3 is 0 Å². The number of rotatable bonds is 3. The maximum atomic E-state index is 10.6. The number of hydrogen-bond acceptors (Lipinski definition) is 5. The Labute approximate surface area is 103 Å². The van der Waals surface area contributed by atoms with E-state index >= 15 is 0 Å². The van der Waals surface area contributed by atoms with E-state index in [-0.39, 0.29) is 17.4 Å². The molecule has 0 aliphatic carbocycles. The molecule has 0 atom stereocenters. The van der Waals surface area contributed by atoms with Gasteiger partial charge in [-0.25, -0.2) is 0 Å². The third-order valence-corrected chi connectivity index (χ3v) is 1.83. The highest BCUT2D eigenvalue weighted by Crippen LogP contribution is 2.24. The molecule has 0 spiro atoms. The van der Waals surface area contributed by atoms with Crippen molar-refractivity contribution in [3.8, 4) is 11.5 Å². The molecule has 0 fully saturated rings. The molecule has 0 saturated carbocycles. The van der Waals surface area contributed by atoms with Gasteiger partial charge in [-0.1, -0.05) is 6.07 Å². The van der Waals surface area contributed by atoms with E-state index in [0.717, 1.165) is 5.56 Å². The summed E-state index contributed by atoms with van der Waals surface area (Å²) in [7, 11) is 0. The quantitative estimate of drug-likeness (QED) is 0.353. The molecule has 18 heavy (non-hydrogen) atoms. The van der Waals surface area contributed by atoms with Crippen LogP contribution in [-0.2, 0) is 11.2 Å². The molecular formula is C10H14N2O6. The molecule has 0 aliphatic rings. The van der Waals surface area contributed by atoms with E-state index in [1.165, 1.54) is 19.1 Å². The van der Waals surface area contributed by atoms with Crippen molar-refractivity contribution < 1.29 is 25.3 Å². The summed E-state index contributed by atoms with van der Waals surface area (Å²) in [6, 6.07) is 4.62. The molecule has 0 radical (unpaired) electrons. The van der Waals surface area contributed by atoms with Gasteiger partial charge in [-0.2, -0.15) is 0 Å². The molecular weight excluding hydrogens is 244 g/mol. The largest absolute Gasteiger partial charge is 0.504 e. The summed E-state index contributed by atoms with van der Waals surface area (Å²) in [5, 5.41) is 34.5. The molecule has 8 nitrogen and oxygen atoms in total. The van der Waals surface area contributed by atoms with E-state index < -0.39 is 5.09 Å². The van der Waals surface area contributed by atoms with Gasteiger partial charge in [0.2, 0.25) is 5.91 Å². The lowest BCUT2D eigenvalue weighted by Crippen LogP contribution is -2.22. The molecule has 1 amide bonds. The van der Waals surface area contributed by atoms with Crippen LogP contribution < -0.4 is 5.32 Å². The van der Waals surface area contributed by atoms with E-state index in [0.29, 0.717) is 13.0 Å². The number of benzene rings is 1. The summed E-state index contributed by atoms with van der Waals surface area (Å²) in [5.74, 6) is -0.341. The lowest BCUT2D eigenvalue weighted by Gasteiger charge is -2.04. The smallest absolute Gasteiger partial charge is 0.291 e. The van der Waals surface area contributed by atoms with Crippen LogP contribution in [0, 0.1) is 10.1 Å². The van der Waals surface area contributed by atoms with Gasteiger partial charge in [0.05, 0.1) is 0 Å². The van der Waals surface area contributed by atoms with Gasteiger partial charge in [0.15, 0.2) is 11.5 Å². The first-order valence-electron chi connectivity index (χ1n) is 4.91. The highest BCUT2D eigenvalue weighted by Gasteiger charge is 2.00. The van der Waals surface area contributed by atoms with Crippen LogP contribution in [-0.4, -0.2) is 33.0 Å². The average molecular weight is 258 g/mol. The third-order valence-electron chi connectivity index (χ3n) is 1.83. The molecule has 100 valence electrons. The Bertz CT molecular complexity index is 417. The fourth-order valence-corrected chi connectivity index (χ4v) is 1.11. The standard InChI is InChI=1S/C10H13NO3.HNO3/c1-7(12)11-5-4-8-2-3-9(13)10(14)6-8;2-1(3)4/h2-3,6,13-14H,4-5H2,1H3,(H,11,12);(H,2,3,4). The second-order valence-electron chi connectivity index (χ2n) is 3.29. The summed E-state index contributed by atoms with van der Waals surface area (Å²) in [6.07, 6.45) is 0.632. The van der Waals surface area contributed by atoms with Gasteiger partial charge in [0.1, 0.15) is 0 Å². The van der Waals surface area contributed by atoms with Gasteiger partial charge in [-0.15, -0.1) is 10.1 Å². The number of carbonyl (C=O) groups is 1. The van der Waals surface area contributed by atoms with Crippen LogP contribution in [0.25, 0.3) is 0 Å². The molecule has 8 heteroatoms. The Hall–Kier alpha value is -2.51. The first-order chi connectivity index (χ1) is 8.32. The van der Waals surface area contributed by atoms with Crippen LogP contribution in [0.15, 0.2) is 18.2 Å². The molecule has 0 aromatic heterocycles. The van der Waals surface area contributed by atoms with Crippen molar-refractivity contribution in [2.45, 2.75) is 13.3 Å². The van der Waals surface area contributed by atoms with Crippen molar-refractivity contribution in [2.75, 3.05) is 6.54 Å². The fourth-order valence-electron chi connectivity index (χ4n) is 1.11. The van der Waals surface area contributed by atoms with Gasteiger partial charge in [0, 0.05) is 13.5 Å². The van der Waals surface area contributed by atoms with Gasteiger partial charge in [-0.3, -0.25) is 4.79 Å². The Kier molecular flexibility index (Phi) is 6.64. The minimum atomic E-state index is -1.50. The lowest BCUT2D eigenvalue weighted by atomic mass is 10.1. The summed E-state index contributed by atoms with van der Waals surface area (Å²) in [6.45, 7) is 1.98. The Morgan fingerprint density at radius 1 is 1.39 bits per heavy atom.